The number of carbonyl (C=O) groups excluding carboxylic acids is 3. The summed E-state index contributed by atoms with van der Waals surface area (Å²) in [5.74, 6) is 0.0529. The van der Waals surface area contributed by atoms with Gasteiger partial charge in [-0.2, -0.15) is 0 Å². The van der Waals surface area contributed by atoms with Gasteiger partial charge in [0.2, 0.25) is 5.91 Å². The first kappa shape index (κ1) is 25.8. The Kier molecular flexibility index (Phi) is 6.92. The molecule has 1 fully saturated rings. The molecule has 0 bridgehead atoms. The average Bonchev–Trinajstić information content (AvgIpc) is 3.06. The van der Waals surface area contributed by atoms with E-state index >= 15 is 0 Å². The minimum absolute atomic E-state index is 0.0133. The quantitative estimate of drug-likeness (QED) is 0.523. The summed E-state index contributed by atoms with van der Waals surface area (Å²) in [5.41, 5.74) is 5.82. The number of imide groups is 1. The van der Waals surface area contributed by atoms with Crippen molar-refractivity contribution in [2.45, 2.75) is 52.5 Å². The number of aryl methyl sites for hydroxylation is 2. The van der Waals surface area contributed by atoms with E-state index in [0.717, 1.165) is 45.5 Å². The number of amides is 3. The van der Waals surface area contributed by atoms with Gasteiger partial charge in [0.1, 0.15) is 12.3 Å². The van der Waals surface area contributed by atoms with Crippen LogP contribution < -0.4 is 15.0 Å². The number of anilines is 2. The molecule has 3 amide bonds. The van der Waals surface area contributed by atoms with Crippen LogP contribution in [-0.4, -0.2) is 48.2 Å². The zero-order chi connectivity index (χ0) is 26.4. The highest BCUT2D eigenvalue weighted by Crippen LogP contribution is 2.46. The van der Waals surface area contributed by atoms with E-state index < -0.39 is 17.1 Å². The van der Waals surface area contributed by atoms with E-state index in [4.69, 9.17) is 4.74 Å². The molecule has 2 heterocycles. The van der Waals surface area contributed by atoms with E-state index in [0.29, 0.717) is 17.4 Å². The number of hydrogen-bond acceptors (Lipinski definition) is 6. The zero-order valence-corrected chi connectivity index (χ0v) is 22.7. The Morgan fingerprint density at radius 1 is 1.19 bits per heavy atom. The van der Waals surface area contributed by atoms with Gasteiger partial charge in [-0.25, -0.2) is 0 Å². The van der Waals surface area contributed by atoms with Crippen LogP contribution in [-0.2, 0) is 9.59 Å². The van der Waals surface area contributed by atoms with Crippen molar-refractivity contribution in [1.29, 1.82) is 0 Å². The molecular formula is C28H33N3O4S. The molecule has 36 heavy (non-hydrogen) atoms. The molecule has 1 saturated heterocycles. The number of nitrogens with zero attached hydrogens (tertiary/aromatic N) is 2. The molecule has 1 N–H and O–H groups in total. The van der Waals surface area contributed by atoms with Crippen LogP contribution in [0.2, 0.25) is 0 Å². The number of ether oxygens (including phenoxy) is 1. The van der Waals surface area contributed by atoms with Gasteiger partial charge in [0.15, 0.2) is 0 Å². The number of methoxy groups -OCH3 is 1. The fraction of sp³-hybridized carbons (Fsp3) is 0.393. The lowest BCUT2D eigenvalue weighted by atomic mass is 9.80. The Hall–Kier alpha value is -3.26. The average molecular weight is 508 g/mol. The molecule has 4 rings (SSSR count). The summed E-state index contributed by atoms with van der Waals surface area (Å²) >= 11 is 0.840. The largest absolute Gasteiger partial charge is 0.496 e. The Bertz CT molecular complexity index is 1280. The minimum Gasteiger partial charge on any atom is -0.496 e. The van der Waals surface area contributed by atoms with Crippen LogP contribution in [0.3, 0.4) is 0 Å². The first-order valence-corrected chi connectivity index (χ1v) is 12.8. The standard InChI is InChI=1S/C28H33N3O4S/c1-16-8-9-20(10-17(16)2)29-25(32)15-31-26(33)24(36-27(31)34)12-19-11-21-18(3)14-28(4,5)30(6)22(21)13-23(19)35-7/h8-13,18H,14-15H2,1-7H3,(H,29,32)/b24-12+. The SMILES string of the molecule is COc1cc2c(cc1/C=C1/SC(=O)N(CC(=O)Nc3ccc(C)c(C)c3)C1=O)C(C)CC(C)(C)N2C. The normalized spacial score (nSPS) is 20.1. The Morgan fingerprint density at radius 2 is 1.92 bits per heavy atom. The molecule has 8 heteroatoms. The fourth-order valence-corrected chi connectivity index (χ4v) is 5.67. The highest BCUT2D eigenvalue weighted by molar-refractivity contribution is 8.18. The number of hydrogen-bond donors (Lipinski definition) is 1. The van der Waals surface area contributed by atoms with Gasteiger partial charge in [-0.1, -0.05) is 13.0 Å². The van der Waals surface area contributed by atoms with Crippen molar-refractivity contribution in [3.8, 4) is 5.75 Å². The summed E-state index contributed by atoms with van der Waals surface area (Å²) < 4.78 is 5.66. The van der Waals surface area contributed by atoms with Gasteiger partial charge in [0.25, 0.3) is 11.1 Å². The molecular weight excluding hydrogens is 474 g/mol. The molecule has 0 radical (unpaired) electrons. The third-order valence-corrected chi connectivity index (χ3v) is 8.14. The molecule has 2 aliphatic rings. The highest BCUT2D eigenvalue weighted by Gasteiger charge is 2.38. The maximum atomic E-state index is 13.1. The van der Waals surface area contributed by atoms with Crippen LogP contribution in [0.25, 0.3) is 6.08 Å². The smallest absolute Gasteiger partial charge is 0.294 e. The van der Waals surface area contributed by atoms with E-state index in [9.17, 15) is 14.4 Å². The van der Waals surface area contributed by atoms with Gasteiger partial charge in [-0.15, -0.1) is 0 Å². The molecule has 0 spiro atoms. The fourth-order valence-electron chi connectivity index (χ4n) is 4.84. The van der Waals surface area contributed by atoms with Crippen molar-refractivity contribution in [2.75, 3.05) is 30.9 Å². The third kappa shape index (κ3) is 4.87. The first-order valence-electron chi connectivity index (χ1n) is 12.0. The molecule has 2 aliphatic heterocycles. The van der Waals surface area contributed by atoms with Crippen molar-refractivity contribution < 1.29 is 19.1 Å². The zero-order valence-electron chi connectivity index (χ0n) is 21.9. The predicted octanol–water partition coefficient (Wildman–Crippen LogP) is 5.71. The second kappa shape index (κ2) is 9.65. The third-order valence-electron chi connectivity index (χ3n) is 7.24. The monoisotopic (exact) mass is 507 g/mol. The van der Waals surface area contributed by atoms with Gasteiger partial charge in [-0.05, 0) is 92.8 Å². The lowest BCUT2D eigenvalue weighted by Gasteiger charge is -2.45. The molecule has 0 aromatic heterocycles. The maximum Gasteiger partial charge on any atom is 0.294 e. The van der Waals surface area contributed by atoms with Gasteiger partial charge >= 0.3 is 0 Å². The second-order valence-corrected chi connectivity index (χ2v) is 11.2. The van der Waals surface area contributed by atoms with Crippen LogP contribution in [0.4, 0.5) is 16.2 Å². The Labute approximate surface area is 216 Å². The number of carbonyl (C=O) groups is 3. The van der Waals surface area contributed by atoms with Crippen molar-refractivity contribution in [1.82, 2.24) is 4.90 Å². The minimum atomic E-state index is -0.480. The van der Waals surface area contributed by atoms with Gasteiger partial charge in [0, 0.05) is 35.6 Å². The summed E-state index contributed by atoms with van der Waals surface area (Å²) in [4.78, 5) is 41.8. The molecule has 0 aliphatic carbocycles. The first-order chi connectivity index (χ1) is 16.9. The lowest BCUT2D eigenvalue weighted by Crippen LogP contribution is -2.45. The number of fused-ring (bicyclic) bond motifs is 1. The van der Waals surface area contributed by atoms with Crippen LogP contribution in [0.1, 0.15) is 55.4 Å². The van der Waals surface area contributed by atoms with Crippen LogP contribution in [0.5, 0.6) is 5.75 Å². The van der Waals surface area contributed by atoms with Crippen molar-refractivity contribution in [3.63, 3.8) is 0 Å². The van der Waals surface area contributed by atoms with E-state index in [1.807, 2.05) is 38.1 Å². The number of thioether (sulfide) groups is 1. The molecule has 2 aromatic carbocycles. The summed E-state index contributed by atoms with van der Waals surface area (Å²) in [7, 11) is 3.68. The lowest BCUT2D eigenvalue weighted by molar-refractivity contribution is -0.127. The molecule has 1 atom stereocenters. The van der Waals surface area contributed by atoms with Gasteiger partial charge in [0.05, 0.1) is 12.0 Å². The molecule has 1 unspecified atom stereocenters. The summed E-state index contributed by atoms with van der Waals surface area (Å²) in [6.07, 6.45) is 2.69. The molecule has 190 valence electrons. The second-order valence-electron chi connectivity index (χ2n) is 10.2. The maximum absolute atomic E-state index is 13.1. The van der Waals surface area contributed by atoms with Crippen LogP contribution in [0.15, 0.2) is 35.2 Å². The summed E-state index contributed by atoms with van der Waals surface area (Å²) in [6.45, 7) is 10.3. The van der Waals surface area contributed by atoms with E-state index in [-0.39, 0.29) is 17.0 Å². The van der Waals surface area contributed by atoms with Gasteiger partial charge < -0.3 is 15.0 Å². The summed E-state index contributed by atoms with van der Waals surface area (Å²) in [6, 6.07) is 9.63. The van der Waals surface area contributed by atoms with E-state index in [1.165, 1.54) is 5.56 Å². The number of rotatable bonds is 5. The number of nitrogens with one attached hydrogen (secondary N) is 1. The Balaban J connectivity index is 1.56. The van der Waals surface area contributed by atoms with E-state index in [2.05, 4.69) is 38.0 Å². The van der Waals surface area contributed by atoms with Gasteiger partial charge in [-0.3, -0.25) is 19.3 Å². The molecule has 0 saturated carbocycles. The molecule has 7 nitrogen and oxygen atoms in total. The van der Waals surface area contributed by atoms with E-state index in [1.54, 1.807) is 19.3 Å². The van der Waals surface area contributed by atoms with Crippen molar-refractivity contribution >= 4 is 46.3 Å². The topological polar surface area (TPSA) is 79.0 Å². The van der Waals surface area contributed by atoms with Crippen molar-refractivity contribution in [3.05, 3.63) is 57.5 Å². The number of benzene rings is 2. The Morgan fingerprint density at radius 3 is 2.58 bits per heavy atom. The molecule has 2 aromatic rings. The van der Waals surface area contributed by atoms with Crippen LogP contribution in [0, 0.1) is 13.8 Å². The van der Waals surface area contributed by atoms with Crippen LogP contribution >= 0.6 is 11.8 Å². The summed E-state index contributed by atoms with van der Waals surface area (Å²) in [5, 5.41) is 2.31. The van der Waals surface area contributed by atoms with Crippen molar-refractivity contribution in [2.24, 2.45) is 0 Å². The highest BCUT2D eigenvalue weighted by atomic mass is 32.2. The predicted molar refractivity (Wildman–Crippen MR) is 146 cm³/mol.